The van der Waals surface area contributed by atoms with Crippen molar-refractivity contribution in [1.29, 1.82) is 0 Å². The average Bonchev–Trinajstić information content (AvgIpc) is 3.38. The Morgan fingerprint density at radius 1 is 1.10 bits per heavy atom. The van der Waals surface area contributed by atoms with E-state index >= 15 is 0 Å². The molecule has 0 bridgehead atoms. The van der Waals surface area contributed by atoms with Gasteiger partial charge in [0.05, 0.1) is 18.1 Å². The van der Waals surface area contributed by atoms with Crippen molar-refractivity contribution in [1.82, 2.24) is 19.6 Å². The van der Waals surface area contributed by atoms with Gasteiger partial charge in [0.2, 0.25) is 0 Å². The molecule has 0 saturated heterocycles. The Labute approximate surface area is 173 Å². The van der Waals surface area contributed by atoms with Gasteiger partial charge in [0.25, 0.3) is 0 Å². The number of allylic oxidation sites excluding steroid dienone is 1. The summed E-state index contributed by atoms with van der Waals surface area (Å²) in [6.45, 7) is 0. The van der Waals surface area contributed by atoms with E-state index in [0.29, 0.717) is 17.3 Å². The predicted molar refractivity (Wildman–Crippen MR) is 115 cm³/mol. The quantitative estimate of drug-likeness (QED) is 0.534. The highest BCUT2D eigenvalue weighted by Crippen LogP contribution is 2.42. The summed E-state index contributed by atoms with van der Waals surface area (Å²) in [4.78, 5) is 8.60. The molecule has 0 aliphatic heterocycles. The zero-order chi connectivity index (χ0) is 20.1. The fourth-order valence-corrected chi connectivity index (χ4v) is 4.73. The molecule has 2 aliphatic rings. The lowest BCUT2D eigenvalue weighted by Crippen LogP contribution is -2.24. The van der Waals surface area contributed by atoms with Gasteiger partial charge in [0, 0.05) is 29.9 Å². The van der Waals surface area contributed by atoms with Crippen LogP contribution in [0.25, 0.3) is 22.5 Å². The molecule has 0 saturated carbocycles. The van der Waals surface area contributed by atoms with E-state index in [1.165, 1.54) is 29.0 Å². The third-order valence-electron chi connectivity index (χ3n) is 6.13. The third kappa shape index (κ3) is 2.87. The van der Waals surface area contributed by atoms with Crippen LogP contribution in [-0.4, -0.2) is 25.6 Å². The molecular weight excluding hydrogens is 377 g/mol. The van der Waals surface area contributed by atoms with Crippen molar-refractivity contribution in [3.8, 4) is 11.3 Å². The molecule has 6 rings (SSSR count). The van der Waals surface area contributed by atoms with E-state index in [-0.39, 0.29) is 5.82 Å². The molecule has 1 aromatic carbocycles. The lowest BCUT2D eigenvalue weighted by atomic mass is 9.88. The van der Waals surface area contributed by atoms with Gasteiger partial charge in [-0.25, -0.2) is 9.37 Å². The molecule has 0 unspecified atom stereocenters. The van der Waals surface area contributed by atoms with Gasteiger partial charge < -0.3 is 5.32 Å². The molecule has 4 aromatic rings. The van der Waals surface area contributed by atoms with Gasteiger partial charge in [-0.05, 0) is 48.4 Å². The van der Waals surface area contributed by atoms with Crippen LogP contribution in [0, 0.1) is 5.82 Å². The molecule has 6 heteroatoms. The second kappa shape index (κ2) is 6.76. The number of nitrogens with one attached hydrogen (secondary N) is 1. The van der Waals surface area contributed by atoms with Gasteiger partial charge >= 0.3 is 0 Å². The first-order chi connectivity index (χ1) is 14.7. The van der Waals surface area contributed by atoms with Crippen molar-refractivity contribution in [2.75, 3.05) is 5.32 Å². The number of benzene rings is 1. The van der Waals surface area contributed by atoms with Crippen molar-refractivity contribution in [3.63, 3.8) is 0 Å². The summed E-state index contributed by atoms with van der Waals surface area (Å²) >= 11 is 0. The van der Waals surface area contributed by atoms with Gasteiger partial charge in [-0.3, -0.25) is 4.98 Å². The van der Waals surface area contributed by atoms with Crippen LogP contribution in [0.2, 0.25) is 0 Å². The lowest BCUT2D eigenvalue weighted by Gasteiger charge is -2.26. The van der Waals surface area contributed by atoms with E-state index in [0.717, 1.165) is 37.1 Å². The SMILES string of the molecule is Fc1cncc(-c2cc(N[C@@H]3CCC4=C(C3)c3ccccc3C4)n3nccc3n2)c1. The van der Waals surface area contributed by atoms with E-state index in [2.05, 4.69) is 44.6 Å². The van der Waals surface area contributed by atoms with Crippen LogP contribution >= 0.6 is 0 Å². The number of anilines is 1. The molecule has 2 aliphatic carbocycles. The molecule has 1 N–H and O–H groups in total. The second-order valence-electron chi connectivity index (χ2n) is 8.02. The maximum Gasteiger partial charge on any atom is 0.157 e. The monoisotopic (exact) mass is 397 g/mol. The first kappa shape index (κ1) is 17.3. The van der Waals surface area contributed by atoms with Crippen molar-refractivity contribution in [2.24, 2.45) is 0 Å². The number of pyridine rings is 1. The highest BCUT2D eigenvalue weighted by atomic mass is 19.1. The predicted octanol–water partition coefficient (Wildman–Crippen LogP) is 4.90. The van der Waals surface area contributed by atoms with Gasteiger partial charge in [-0.2, -0.15) is 9.61 Å². The van der Waals surface area contributed by atoms with Crippen molar-refractivity contribution in [2.45, 2.75) is 31.7 Å². The Hall–Kier alpha value is -3.54. The maximum absolute atomic E-state index is 13.7. The van der Waals surface area contributed by atoms with Crippen molar-refractivity contribution >= 4 is 17.0 Å². The van der Waals surface area contributed by atoms with Crippen LogP contribution in [0.4, 0.5) is 10.2 Å². The maximum atomic E-state index is 13.7. The molecule has 0 fully saturated rings. The van der Waals surface area contributed by atoms with Crippen LogP contribution in [0.3, 0.4) is 0 Å². The molecular formula is C24H20FN5. The smallest absolute Gasteiger partial charge is 0.157 e. The Balaban J connectivity index is 1.34. The molecule has 148 valence electrons. The van der Waals surface area contributed by atoms with Crippen LogP contribution in [-0.2, 0) is 6.42 Å². The summed E-state index contributed by atoms with van der Waals surface area (Å²) in [6, 6.07) is 14.3. The fourth-order valence-electron chi connectivity index (χ4n) is 4.73. The number of hydrogen-bond acceptors (Lipinski definition) is 4. The summed E-state index contributed by atoms with van der Waals surface area (Å²) in [5, 5.41) is 8.12. The minimum Gasteiger partial charge on any atom is -0.367 e. The minimum atomic E-state index is -0.371. The van der Waals surface area contributed by atoms with E-state index in [1.54, 1.807) is 18.0 Å². The molecule has 30 heavy (non-hydrogen) atoms. The van der Waals surface area contributed by atoms with Gasteiger partial charge in [-0.1, -0.05) is 29.8 Å². The Morgan fingerprint density at radius 3 is 2.97 bits per heavy atom. The molecule has 1 atom stereocenters. The Bertz CT molecular complexity index is 1310. The number of nitrogens with zero attached hydrogens (tertiary/aromatic N) is 4. The summed E-state index contributed by atoms with van der Waals surface area (Å²) < 4.78 is 15.5. The molecule has 3 heterocycles. The minimum absolute atomic E-state index is 0.309. The summed E-state index contributed by atoms with van der Waals surface area (Å²) in [7, 11) is 0. The first-order valence-corrected chi connectivity index (χ1v) is 10.3. The van der Waals surface area contributed by atoms with E-state index in [4.69, 9.17) is 0 Å². The third-order valence-corrected chi connectivity index (χ3v) is 6.13. The van der Waals surface area contributed by atoms with E-state index < -0.39 is 0 Å². The second-order valence-corrected chi connectivity index (χ2v) is 8.02. The molecule has 0 amide bonds. The topological polar surface area (TPSA) is 55.1 Å². The van der Waals surface area contributed by atoms with Crippen LogP contribution in [0.1, 0.15) is 30.4 Å². The first-order valence-electron chi connectivity index (χ1n) is 10.3. The van der Waals surface area contributed by atoms with E-state index in [1.807, 2.05) is 16.6 Å². The lowest BCUT2D eigenvalue weighted by molar-refractivity contribution is 0.622. The average molecular weight is 397 g/mol. The molecule has 0 spiro atoms. The largest absolute Gasteiger partial charge is 0.367 e. The highest BCUT2D eigenvalue weighted by Gasteiger charge is 2.28. The number of hydrogen-bond donors (Lipinski definition) is 1. The normalized spacial score (nSPS) is 17.8. The number of halogens is 1. The summed E-state index contributed by atoms with van der Waals surface area (Å²) in [6.07, 6.45) is 8.84. The summed E-state index contributed by atoms with van der Waals surface area (Å²) in [5.41, 5.74) is 7.99. The number of fused-ring (bicyclic) bond motifs is 3. The molecule has 0 radical (unpaired) electrons. The van der Waals surface area contributed by atoms with E-state index in [9.17, 15) is 4.39 Å². The Kier molecular flexibility index (Phi) is 3.91. The summed E-state index contributed by atoms with van der Waals surface area (Å²) in [5.74, 6) is 0.494. The zero-order valence-electron chi connectivity index (χ0n) is 16.3. The molecule has 5 nitrogen and oxygen atoms in total. The van der Waals surface area contributed by atoms with Gasteiger partial charge in [0.15, 0.2) is 5.65 Å². The van der Waals surface area contributed by atoms with Crippen LogP contribution in [0.5, 0.6) is 0 Å². The van der Waals surface area contributed by atoms with Crippen molar-refractivity contribution in [3.05, 3.63) is 83.6 Å². The zero-order valence-corrected chi connectivity index (χ0v) is 16.3. The highest BCUT2D eigenvalue weighted by molar-refractivity contribution is 5.78. The van der Waals surface area contributed by atoms with Crippen LogP contribution < -0.4 is 5.32 Å². The van der Waals surface area contributed by atoms with Gasteiger partial charge in [-0.15, -0.1) is 0 Å². The van der Waals surface area contributed by atoms with Crippen molar-refractivity contribution < 1.29 is 4.39 Å². The van der Waals surface area contributed by atoms with Gasteiger partial charge in [0.1, 0.15) is 11.6 Å². The Morgan fingerprint density at radius 2 is 2.03 bits per heavy atom. The standard InChI is InChI=1S/C24H20FN5/c25-18-10-17(13-26-14-18)22-12-24(30-23(29-22)7-8-27-30)28-19-6-5-16-9-15-3-1-2-4-20(15)21(16)11-19/h1-4,7-8,10,12-14,19,28H,5-6,9,11H2/t19-/m1/s1. The molecule has 3 aromatic heterocycles. The fraction of sp³-hybridized carbons (Fsp3) is 0.208. The van der Waals surface area contributed by atoms with Crippen LogP contribution in [0.15, 0.2) is 66.6 Å². The number of aromatic nitrogens is 4. The number of rotatable bonds is 3.